The SMILES string of the molecule is CCOc1ccc(N=C2NC(=O)/C(=C/c3ccc(OC)c(I)c3)S2)cc1. The second-order valence-corrected chi connectivity index (χ2v) is 7.50. The summed E-state index contributed by atoms with van der Waals surface area (Å²) in [5.74, 6) is 1.47. The summed E-state index contributed by atoms with van der Waals surface area (Å²) < 4.78 is 11.7. The molecule has 0 spiro atoms. The molecule has 1 fully saturated rings. The summed E-state index contributed by atoms with van der Waals surface area (Å²) in [4.78, 5) is 17.3. The summed E-state index contributed by atoms with van der Waals surface area (Å²) >= 11 is 3.53. The number of hydrogen-bond donors (Lipinski definition) is 1. The number of amides is 1. The third-order valence-corrected chi connectivity index (χ3v) is 5.26. The maximum atomic E-state index is 12.2. The Balaban J connectivity index is 1.76. The largest absolute Gasteiger partial charge is 0.496 e. The van der Waals surface area contributed by atoms with Gasteiger partial charge in [-0.2, -0.15) is 0 Å². The Morgan fingerprint density at radius 2 is 2.00 bits per heavy atom. The Morgan fingerprint density at radius 1 is 1.23 bits per heavy atom. The van der Waals surface area contributed by atoms with Crippen LogP contribution in [0, 0.1) is 3.57 Å². The third-order valence-electron chi connectivity index (χ3n) is 3.50. The quantitative estimate of drug-likeness (QED) is 0.503. The average Bonchev–Trinajstić information content (AvgIpc) is 2.96. The Bertz CT molecular complexity index is 879. The van der Waals surface area contributed by atoms with Gasteiger partial charge in [0.05, 0.1) is 27.9 Å². The molecule has 7 heteroatoms. The molecule has 134 valence electrons. The normalized spacial score (nSPS) is 16.8. The highest BCUT2D eigenvalue weighted by atomic mass is 127. The molecule has 0 unspecified atom stereocenters. The minimum Gasteiger partial charge on any atom is -0.496 e. The summed E-state index contributed by atoms with van der Waals surface area (Å²) in [6.45, 7) is 2.56. The van der Waals surface area contributed by atoms with E-state index in [1.54, 1.807) is 7.11 Å². The van der Waals surface area contributed by atoms with Crippen LogP contribution in [0.1, 0.15) is 12.5 Å². The number of amidine groups is 1. The maximum absolute atomic E-state index is 12.2. The number of aliphatic imine (C=N–C) groups is 1. The number of ether oxygens (including phenoxy) is 2. The number of benzene rings is 2. The summed E-state index contributed by atoms with van der Waals surface area (Å²) in [6, 6.07) is 13.2. The molecule has 2 aromatic rings. The van der Waals surface area contributed by atoms with Crippen LogP contribution in [0.15, 0.2) is 52.4 Å². The van der Waals surface area contributed by atoms with Gasteiger partial charge in [0.1, 0.15) is 11.5 Å². The van der Waals surface area contributed by atoms with Gasteiger partial charge in [0.25, 0.3) is 5.91 Å². The van der Waals surface area contributed by atoms with Crippen molar-refractivity contribution in [2.45, 2.75) is 6.92 Å². The van der Waals surface area contributed by atoms with Crippen LogP contribution in [0.25, 0.3) is 6.08 Å². The lowest BCUT2D eigenvalue weighted by Crippen LogP contribution is -2.19. The molecule has 1 aliphatic rings. The molecule has 5 nitrogen and oxygen atoms in total. The molecule has 1 aliphatic heterocycles. The molecule has 0 bridgehead atoms. The minimum absolute atomic E-state index is 0.148. The highest BCUT2D eigenvalue weighted by Crippen LogP contribution is 2.30. The summed E-state index contributed by atoms with van der Waals surface area (Å²) in [7, 11) is 1.64. The fraction of sp³-hybridized carbons (Fsp3) is 0.158. The van der Waals surface area contributed by atoms with Gasteiger partial charge in [-0.25, -0.2) is 4.99 Å². The topological polar surface area (TPSA) is 59.9 Å². The number of nitrogens with zero attached hydrogens (tertiary/aromatic N) is 1. The Kier molecular flexibility index (Phi) is 6.20. The van der Waals surface area contributed by atoms with Gasteiger partial charge in [0.15, 0.2) is 5.17 Å². The summed E-state index contributed by atoms with van der Waals surface area (Å²) in [5, 5.41) is 3.36. The van der Waals surface area contributed by atoms with E-state index in [2.05, 4.69) is 32.9 Å². The highest BCUT2D eigenvalue weighted by molar-refractivity contribution is 14.1. The second kappa shape index (κ2) is 8.59. The second-order valence-electron chi connectivity index (χ2n) is 5.30. The summed E-state index contributed by atoms with van der Waals surface area (Å²) in [6.07, 6.45) is 1.85. The van der Waals surface area contributed by atoms with E-state index < -0.39 is 0 Å². The average molecular weight is 480 g/mol. The highest BCUT2D eigenvalue weighted by Gasteiger charge is 2.23. The molecule has 1 heterocycles. The number of carbonyl (C=O) groups excluding carboxylic acids is 1. The van der Waals surface area contributed by atoms with E-state index in [9.17, 15) is 4.79 Å². The van der Waals surface area contributed by atoms with Crippen molar-refractivity contribution in [1.82, 2.24) is 5.32 Å². The first-order chi connectivity index (χ1) is 12.6. The van der Waals surface area contributed by atoms with E-state index >= 15 is 0 Å². The van der Waals surface area contributed by atoms with Crippen LogP contribution in [0.5, 0.6) is 11.5 Å². The van der Waals surface area contributed by atoms with Crippen molar-refractivity contribution in [3.63, 3.8) is 0 Å². The zero-order valence-corrected chi connectivity index (χ0v) is 17.3. The Hall–Kier alpha value is -2.00. The number of thioether (sulfide) groups is 1. The Labute approximate surface area is 170 Å². The van der Waals surface area contributed by atoms with Gasteiger partial charge >= 0.3 is 0 Å². The molecule has 1 amide bonds. The van der Waals surface area contributed by atoms with Crippen LogP contribution in [-0.4, -0.2) is 24.8 Å². The van der Waals surface area contributed by atoms with E-state index in [1.807, 2.05) is 55.5 Å². The molecule has 1 N–H and O–H groups in total. The van der Waals surface area contributed by atoms with Gasteiger partial charge in [-0.1, -0.05) is 6.07 Å². The lowest BCUT2D eigenvalue weighted by Gasteiger charge is -2.03. The van der Waals surface area contributed by atoms with Crippen molar-refractivity contribution >= 4 is 57.2 Å². The predicted octanol–water partition coefficient (Wildman–Crippen LogP) is 4.59. The van der Waals surface area contributed by atoms with E-state index in [0.717, 1.165) is 26.3 Å². The zero-order chi connectivity index (χ0) is 18.5. The molecule has 1 saturated heterocycles. The first kappa shape index (κ1) is 18.8. The fourth-order valence-electron chi connectivity index (χ4n) is 2.31. The summed E-state index contributed by atoms with van der Waals surface area (Å²) in [5.41, 5.74) is 1.70. The molecule has 0 aliphatic carbocycles. The van der Waals surface area contributed by atoms with Crippen LogP contribution in [-0.2, 0) is 4.79 Å². The molecular weight excluding hydrogens is 463 g/mol. The van der Waals surface area contributed by atoms with E-state index in [4.69, 9.17) is 9.47 Å². The number of rotatable bonds is 5. The number of carbonyl (C=O) groups is 1. The number of methoxy groups -OCH3 is 1. The number of nitrogens with one attached hydrogen (secondary N) is 1. The van der Waals surface area contributed by atoms with Crippen molar-refractivity contribution in [3.05, 3.63) is 56.5 Å². The van der Waals surface area contributed by atoms with Gasteiger partial charge in [-0.15, -0.1) is 0 Å². The van der Waals surface area contributed by atoms with Crippen molar-refractivity contribution in [1.29, 1.82) is 0 Å². The van der Waals surface area contributed by atoms with Gasteiger partial charge < -0.3 is 14.8 Å². The number of halogens is 1. The van der Waals surface area contributed by atoms with Crippen LogP contribution in [0.4, 0.5) is 5.69 Å². The van der Waals surface area contributed by atoms with Gasteiger partial charge in [0, 0.05) is 0 Å². The molecule has 0 aromatic heterocycles. The molecule has 3 rings (SSSR count). The Morgan fingerprint density at radius 3 is 2.65 bits per heavy atom. The van der Waals surface area contributed by atoms with Gasteiger partial charge in [-0.3, -0.25) is 4.79 Å². The van der Waals surface area contributed by atoms with Crippen LogP contribution in [0.2, 0.25) is 0 Å². The van der Waals surface area contributed by atoms with Gasteiger partial charge in [0.2, 0.25) is 0 Å². The molecule has 26 heavy (non-hydrogen) atoms. The lowest BCUT2D eigenvalue weighted by atomic mass is 10.2. The monoisotopic (exact) mass is 480 g/mol. The van der Waals surface area contributed by atoms with Crippen molar-refractivity contribution in [2.75, 3.05) is 13.7 Å². The lowest BCUT2D eigenvalue weighted by molar-refractivity contribution is -0.115. The minimum atomic E-state index is -0.148. The number of hydrogen-bond acceptors (Lipinski definition) is 5. The van der Waals surface area contributed by atoms with E-state index in [0.29, 0.717) is 16.7 Å². The van der Waals surface area contributed by atoms with Crippen molar-refractivity contribution < 1.29 is 14.3 Å². The zero-order valence-electron chi connectivity index (χ0n) is 14.3. The smallest absolute Gasteiger partial charge is 0.264 e. The molecule has 2 aromatic carbocycles. The molecular formula is C19H17IN2O3S. The molecule has 0 saturated carbocycles. The fourth-order valence-corrected chi connectivity index (χ4v) is 3.91. The van der Waals surface area contributed by atoms with Crippen LogP contribution < -0.4 is 14.8 Å². The van der Waals surface area contributed by atoms with Crippen molar-refractivity contribution in [3.8, 4) is 11.5 Å². The maximum Gasteiger partial charge on any atom is 0.264 e. The van der Waals surface area contributed by atoms with Crippen LogP contribution in [0.3, 0.4) is 0 Å². The molecule has 0 atom stereocenters. The standard InChI is InChI=1S/C19H17IN2O3S/c1-3-25-14-7-5-13(6-8-14)21-19-22-18(23)17(26-19)11-12-4-9-16(24-2)15(20)10-12/h4-11H,3H2,1-2H3,(H,21,22,23)/b17-11-. The van der Waals surface area contributed by atoms with E-state index in [-0.39, 0.29) is 5.91 Å². The predicted molar refractivity (Wildman–Crippen MR) is 114 cm³/mol. The third kappa shape index (κ3) is 4.59. The van der Waals surface area contributed by atoms with Gasteiger partial charge in [-0.05, 0) is 89.3 Å². The molecule has 0 radical (unpaired) electrons. The first-order valence-corrected chi connectivity index (χ1v) is 9.84. The first-order valence-electron chi connectivity index (χ1n) is 7.95. The van der Waals surface area contributed by atoms with Crippen molar-refractivity contribution in [2.24, 2.45) is 4.99 Å². The van der Waals surface area contributed by atoms with Crippen LogP contribution >= 0.6 is 34.4 Å². The van der Waals surface area contributed by atoms with E-state index in [1.165, 1.54) is 11.8 Å².